The molecule has 1 rings (SSSR count). The van der Waals surface area contributed by atoms with Gasteiger partial charge >= 0.3 is 6.03 Å². The molecule has 0 spiro atoms. The fourth-order valence-electron chi connectivity index (χ4n) is 2.35. The van der Waals surface area contributed by atoms with Gasteiger partial charge in [-0.1, -0.05) is 19.3 Å². The van der Waals surface area contributed by atoms with E-state index < -0.39 is 5.54 Å². The van der Waals surface area contributed by atoms with Gasteiger partial charge in [-0.15, -0.1) is 12.4 Å². The Kier molecular flexibility index (Phi) is 10.2. The molecule has 0 unspecified atom stereocenters. The molecule has 1 fully saturated rings. The Morgan fingerprint density at radius 1 is 1.14 bits per heavy atom. The largest absolute Gasteiger partial charge is 0.354 e. The fraction of sp³-hybridized carbons (Fsp3) is 0.867. The monoisotopic (exact) mass is 334 g/mol. The third kappa shape index (κ3) is 10.7. The van der Waals surface area contributed by atoms with Crippen LogP contribution in [0.2, 0.25) is 0 Å². The summed E-state index contributed by atoms with van der Waals surface area (Å²) in [5.74, 6) is -0.0250. The van der Waals surface area contributed by atoms with Crippen molar-refractivity contribution in [1.29, 1.82) is 0 Å². The number of carbonyl (C=O) groups is 2. The summed E-state index contributed by atoms with van der Waals surface area (Å²) in [5, 5.41) is 8.57. The molecule has 1 aliphatic carbocycles. The smallest absolute Gasteiger partial charge is 0.315 e. The summed E-state index contributed by atoms with van der Waals surface area (Å²) >= 11 is 0. The molecule has 6 nitrogen and oxygen atoms in total. The predicted molar refractivity (Wildman–Crippen MR) is 91.2 cm³/mol. The predicted octanol–water partition coefficient (Wildman–Crippen LogP) is 1.67. The number of amides is 3. The maximum Gasteiger partial charge on any atom is 0.315 e. The third-order valence-electron chi connectivity index (χ3n) is 3.55. The van der Waals surface area contributed by atoms with Crippen molar-refractivity contribution in [3.63, 3.8) is 0 Å². The van der Waals surface area contributed by atoms with E-state index in [1.807, 2.05) is 13.8 Å². The van der Waals surface area contributed by atoms with E-state index in [2.05, 4.69) is 16.0 Å². The van der Waals surface area contributed by atoms with Crippen LogP contribution in [-0.4, -0.2) is 36.6 Å². The van der Waals surface area contributed by atoms with Crippen molar-refractivity contribution >= 4 is 24.3 Å². The minimum absolute atomic E-state index is 0. The van der Waals surface area contributed by atoms with Gasteiger partial charge < -0.3 is 21.7 Å². The molecule has 0 aliphatic heterocycles. The zero-order valence-electron chi connectivity index (χ0n) is 13.7. The third-order valence-corrected chi connectivity index (χ3v) is 3.55. The SMILES string of the molecule is CC(C)(N)CNC(=O)CCCNC(=O)NC1CCCCC1.Cl. The van der Waals surface area contributed by atoms with Gasteiger partial charge in [0.25, 0.3) is 0 Å². The molecule has 5 N–H and O–H groups in total. The highest BCUT2D eigenvalue weighted by molar-refractivity contribution is 5.85. The summed E-state index contributed by atoms with van der Waals surface area (Å²) < 4.78 is 0. The Labute approximate surface area is 139 Å². The van der Waals surface area contributed by atoms with Crippen molar-refractivity contribution in [2.45, 2.75) is 70.4 Å². The summed E-state index contributed by atoms with van der Waals surface area (Å²) in [6.45, 7) is 4.70. The lowest BCUT2D eigenvalue weighted by atomic mass is 9.96. The number of hydrogen-bond donors (Lipinski definition) is 4. The molecule has 0 aromatic rings. The molecule has 130 valence electrons. The average molecular weight is 335 g/mol. The molecule has 1 aliphatic rings. The van der Waals surface area contributed by atoms with Crippen LogP contribution in [0.5, 0.6) is 0 Å². The Balaban J connectivity index is 0.00000441. The zero-order valence-corrected chi connectivity index (χ0v) is 14.6. The summed E-state index contributed by atoms with van der Waals surface area (Å²) in [6.07, 6.45) is 6.85. The van der Waals surface area contributed by atoms with Crippen molar-refractivity contribution in [1.82, 2.24) is 16.0 Å². The first-order valence-corrected chi connectivity index (χ1v) is 7.97. The van der Waals surface area contributed by atoms with Gasteiger partial charge in [-0.2, -0.15) is 0 Å². The van der Waals surface area contributed by atoms with E-state index in [4.69, 9.17) is 5.73 Å². The van der Waals surface area contributed by atoms with Crippen LogP contribution in [0.15, 0.2) is 0 Å². The van der Waals surface area contributed by atoms with E-state index in [1.54, 1.807) is 0 Å². The van der Waals surface area contributed by atoms with Crippen LogP contribution < -0.4 is 21.7 Å². The molecule has 0 radical (unpaired) electrons. The van der Waals surface area contributed by atoms with Gasteiger partial charge in [-0.3, -0.25) is 4.79 Å². The van der Waals surface area contributed by atoms with Crippen LogP contribution >= 0.6 is 12.4 Å². The number of rotatable bonds is 7. The Morgan fingerprint density at radius 3 is 2.36 bits per heavy atom. The highest BCUT2D eigenvalue weighted by atomic mass is 35.5. The van der Waals surface area contributed by atoms with Gasteiger partial charge in [-0.25, -0.2) is 4.79 Å². The quantitative estimate of drug-likeness (QED) is 0.533. The number of nitrogens with one attached hydrogen (secondary N) is 3. The van der Waals surface area contributed by atoms with Crippen LogP contribution in [0.1, 0.15) is 58.8 Å². The fourth-order valence-corrected chi connectivity index (χ4v) is 2.35. The molecule has 3 amide bonds. The molecule has 0 aromatic carbocycles. The van der Waals surface area contributed by atoms with Crippen LogP contribution in [-0.2, 0) is 4.79 Å². The summed E-state index contributed by atoms with van der Waals surface area (Å²) in [4.78, 5) is 23.2. The van der Waals surface area contributed by atoms with Gasteiger partial charge in [0.1, 0.15) is 0 Å². The topological polar surface area (TPSA) is 96.2 Å². The number of nitrogens with two attached hydrogens (primary N) is 1. The van der Waals surface area contributed by atoms with Gasteiger partial charge in [-0.05, 0) is 33.1 Å². The van der Waals surface area contributed by atoms with Crippen LogP contribution in [0.3, 0.4) is 0 Å². The highest BCUT2D eigenvalue weighted by Crippen LogP contribution is 2.17. The maximum absolute atomic E-state index is 11.7. The van der Waals surface area contributed by atoms with Gasteiger partial charge in [0.15, 0.2) is 0 Å². The summed E-state index contributed by atoms with van der Waals surface area (Å²) in [7, 11) is 0. The lowest BCUT2D eigenvalue weighted by Gasteiger charge is -2.22. The first kappa shape index (κ1) is 21.0. The molecule has 0 bridgehead atoms. The number of halogens is 1. The molecule has 22 heavy (non-hydrogen) atoms. The zero-order chi connectivity index (χ0) is 15.7. The maximum atomic E-state index is 11.7. The second kappa shape index (κ2) is 10.7. The van der Waals surface area contributed by atoms with Crippen molar-refractivity contribution in [3.05, 3.63) is 0 Å². The lowest BCUT2D eigenvalue weighted by Crippen LogP contribution is -2.45. The molecule has 0 atom stereocenters. The average Bonchev–Trinajstić information content (AvgIpc) is 2.42. The second-order valence-corrected chi connectivity index (χ2v) is 6.60. The van der Waals surface area contributed by atoms with Crippen molar-refractivity contribution in [3.8, 4) is 0 Å². The summed E-state index contributed by atoms with van der Waals surface area (Å²) in [6, 6.07) is 0.194. The second-order valence-electron chi connectivity index (χ2n) is 6.60. The van der Waals surface area contributed by atoms with E-state index in [0.717, 1.165) is 12.8 Å². The van der Waals surface area contributed by atoms with Crippen molar-refractivity contribution < 1.29 is 9.59 Å². The molecule has 1 saturated carbocycles. The minimum Gasteiger partial charge on any atom is -0.354 e. The van der Waals surface area contributed by atoms with Crippen molar-refractivity contribution in [2.24, 2.45) is 5.73 Å². The normalized spacial score (nSPS) is 15.6. The minimum atomic E-state index is -0.395. The Hall–Kier alpha value is -1.01. The molecule has 0 heterocycles. The molecular formula is C15H31ClN4O2. The first-order chi connectivity index (χ1) is 9.87. The van der Waals surface area contributed by atoms with E-state index >= 15 is 0 Å². The summed E-state index contributed by atoms with van der Waals surface area (Å²) in [5.41, 5.74) is 5.39. The number of urea groups is 1. The highest BCUT2D eigenvalue weighted by Gasteiger charge is 2.15. The Morgan fingerprint density at radius 2 is 1.77 bits per heavy atom. The Bertz CT molecular complexity index is 339. The van der Waals surface area contributed by atoms with Crippen molar-refractivity contribution in [2.75, 3.05) is 13.1 Å². The lowest BCUT2D eigenvalue weighted by molar-refractivity contribution is -0.121. The number of hydrogen-bond acceptors (Lipinski definition) is 3. The van der Waals surface area contributed by atoms with Crippen LogP contribution in [0, 0.1) is 0 Å². The van der Waals surface area contributed by atoms with E-state index in [1.165, 1.54) is 19.3 Å². The number of carbonyl (C=O) groups excluding carboxylic acids is 2. The van der Waals surface area contributed by atoms with E-state index in [0.29, 0.717) is 32.0 Å². The molecule has 0 aromatic heterocycles. The first-order valence-electron chi connectivity index (χ1n) is 7.97. The van der Waals surface area contributed by atoms with Crippen LogP contribution in [0.25, 0.3) is 0 Å². The molecular weight excluding hydrogens is 304 g/mol. The van der Waals surface area contributed by atoms with Gasteiger partial charge in [0, 0.05) is 31.1 Å². The van der Waals surface area contributed by atoms with E-state index in [9.17, 15) is 9.59 Å². The standard InChI is InChI=1S/C15H30N4O2.ClH/c1-15(2,16)11-18-13(20)9-6-10-17-14(21)19-12-7-4-3-5-8-12;/h12H,3-11,16H2,1-2H3,(H,18,20)(H2,17,19,21);1H. The van der Waals surface area contributed by atoms with Gasteiger partial charge in [0.05, 0.1) is 0 Å². The van der Waals surface area contributed by atoms with E-state index in [-0.39, 0.29) is 24.3 Å². The van der Waals surface area contributed by atoms with Gasteiger partial charge in [0.2, 0.25) is 5.91 Å². The molecule has 7 heteroatoms. The van der Waals surface area contributed by atoms with Crippen LogP contribution in [0.4, 0.5) is 4.79 Å². The molecule has 0 saturated heterocycles.